The van der Waals surface area contributed by atoms with Crippen LogP contribution in [0.1, 0.15) is 29.8 Å². The molecule has 0 N–H and O–H groups in total. The summed E-state index contributed by atoms with van der Waals surface area (Å²) in [5.41, 5.74) is 0.905. The van der Waals surface area contributed by atoms with Crippen LogP contribution in [-0.4, -0.2) is 17.9 Å². The van der Waals surface area contributed by atoms with Gasteiger partial charge in [-0.3, -0.25) is 4.79 Å². The maximum Gasteiger partial charge on any atom is 0.352 e. The topological polar surface area (TPSA) is 76.4 Å². The first kappa shape index (κ1) is 16.2. The molecule has 0 aromatic heterocycles. The molecule has 0 heterocycles. The monoisotopic (exact) mass is 309 g/mol. The average Bonchev–Trinajstić information content (AvgIpc) is 2.55. The van der Waals surface area contributed by atoms with Crippen molar-refractivity contribution < 1.29 is 19.1 Å². The van der Waals surface area contributed by atoms with Crippen molar-refractivity contribution in [3.63, 3.8) is 0 Å². The van der Waals surface area contributed by atoms with Crippen LogP contribution in [-0.2, 0) is 4.79 Å². The Morgan fingerprint density at radius 3 is 2.48 bits per heavy atom. The van der Waals surface area contributed by atoms with Crippen LogP contribution in [0.15, 0.2) is 48.5 Å². The summed E-state index contributed by atoms with van der Waals surface area (Å²) in [6, 6.07) is 14.9. The number of carbonyl (C=O) groups excluding carboxylic acids is 2. The highest BCUT2D eigenvalue weighted by Gasteiger charge is 2.18. The number of hydrogen-bond acceptors (Lipinski definition) is 5. The molecule has 0 saturated heterocycles. The third kappa shape index (κ3) is 4.42. The number of ketones is 1. The van der Waals surface area contributed by atoms with E-state index in [1.54, 1.807) is 49.4 Å². The van der Waals surface area contributed by atoms with Crippen molar-refractivity contribution in [1.82, 2.24) is 0 Å². The van der Waals surface area contributed by atoms with E-state index in [1.165, 1.54) is 13.0 Å². The van der Waals surface area contributed by atoms with Gasteiger partial charge in [0.05, 0.1) is 11.6 Å². The van der Waals surface area contributed by atoms with Crippen LogP contribution in [0.2, 0.25) is 0 Å². The molecule has 5 nitrogen and oxygen atoms in total. The lowest BCUT2D eigenvalue weighted by Gasteiger charge is -2.14. The molecule has 2 aromatic rings. The van der Waals surface area contributed by atoms with Crippen LogP contribution in [0.25, 0.3) is 0 Å². The Bertz CT molecular complexity index is 777. The highest BCUT2D eigenvalue weighted by molar-refractivity contribution is 5.94. The van der Waals surface area contributed by atoms with Gasteiger partial charge in [-0.2, -0.15) is 5.26 Å². The maximum atomic E-state index is 12.1. The van der Waals surface area contributed by atoms with E-state index in [2.05, 4.69) is 0 Å². The van der Waals surface area contributed by atoms with Crippen molar-refractivity contribution >= 4 is 11.8 Å². The Kier molecular flexibility index (Phi) is 5.11. The molecule has 1 unspecified atom stereocenters. The summed E-state index contributed by atoms with van der Waals surface area (Å²) in [7, 11) is 0. The molecule has 0 spiro atoms. The summed E-state index contributed by atoms with van der Waals surface area (Å²) >= 11 is 0. The van der Waals surface area contributed by atoms with Crippen molar-refractivity contribution in [3.05, 3.63) is 59.7 Å². The smallest absolute Gasteiger partial charge is 0.352 e. The Morgan fingerprint density at radius 1 is 1.09 bits per heavy atom. The van der Waals surface area contributed by atoms with Gasteiger partial charge in [-0.25, -0.2) is 4.79 Å². The minimum atomic E-state index is -0.857. The summed E-state index contributed by atoms with van der Waals surface area (Å²) in [6.45, 7) is 2.99. The fraction of sp³-hybridized carbons (Fsp3) is 0.167. The number of nitrogens with zero attached hydrogens (tertiary/aromatic N) is 1. The molecular weight excluding hydrogens is 294 g/mol. The first-order valence-electron chi connectivity index (χ1n) is 6.99. The van der Waals surface area contributed by atoms with Crippen LogP contribution in [0.5, 0.6) is 11.5 Å². The van der Waals surface area contributed by atoms with Gasteiger partial charge < -0.3 is 9.47 Å². The Hall–Kier alpha value is -3.13. The number of benzene rings is 2. The summed E-state index contributed by atoms with van der Waals surface area (Å²) in [4.78, 5) is 23.4. The summed E-state index contributed by atoms with van der Waals surface area (Å²) in [6.07, 6.45) is -0.857. The summed E-state index contributed by atoms with van der Waals surface area (Å²) in [5.74, 6) is -0.0107. The molecule has 23 heavy (non-hydrogen) atoms. The molecule has 2 aromatic carbocycles. The van der Waals surface area contributed by atoms with E-state index < -0.39 is 12.1 Å². The van der Waals surface area contributed by atoms with Gasteiger partial charge in [0.15, 0.2) is 11.9 Å². The van der Waals surface area contributed by atoms with Gasteiger partial charge in [0.25, 0.3) is 0 Å². The van der Waals surface area contributed by atoms with Crippen LogP contribution in [0.4, 0.5) is 0 Å². The van der Waals surface area contributed by atoms with E-state index >= 15 is 0 Å². The summed E-state index contributed by atoms with van der Waals surface area (Å²) in [5, 5.41) is 8.85. The molecule has 0 bridgehead atoms. The predicted molar refractivity (Wildman–Crippen MR) is 83.3 cm³/mol. The van der Waals surface area contributed by atoms with E-state index in [1.807, 2.05) is 6.07 Å². The molecule has 0 aliphatic carbocycles. The lowest BCUT2D eigenvalue weighted by molar-refractivity contribution is -0.141. The molecule has 1 atom stereocenters. The second kappa shape index (κ2) is 7.23. The van der Waals surface area contributed by atoms with Crippen LogP contribution < -0.4 is 9.47 Å². The van der Waals surface area contributed by atoms with Crippen molar-refractivity contribution in [2.75, 3.05) is 0 Å². The van der Waals surface area contributed by atoms with Gasteiger partial charge in [-0.05, 0) is 44.2 Å². The van der Waals surface area contributed by atoms with E-state index in [9.17, 15) is 9.59 Å². The van der Waals surface area contributed by atoms with Crippen LogP contribution in [0.3, 0.4) is 0 Å². The molecule has 0 fully saturated rings. The lowest BCUT2D eigenvalue weighted by Crippen LogP contribution is -2.28. The average molecular weight is 309 g/mol. The second-order valence-electron chi connectivity index (χ2n) is 4.90. The van der Waals surface area contributed by atoms with Gasteiger partial charge in [0.1, 0.15) is 11.5 Å². The predicted octanol–water partition coefficient (Wildman–Crippen LogP) is 3.13. The van der Waals surface area contributed by atoms with Gasteiger partial charge in [0.2, 0.25) is 0 Å². The van der Waals surface area contributed by atoms with Crippen LogP contribution in [0, 0.1) is 11.3 Å². The number of Topliss-reactive ketones (excluding diaryl/α,β-unsaturated/α-hetero) is 1. The zero-order valence-electron chi connectivity index (χ0n) is 12.8. The molecule has 0 aliphatic rings. The van der Waals surface area contributed by atoms with Gasteiger partial charge >= 0.3 is 5.97 Å². The molecule has 0 amide bonds. The SMILES string of the molecule is CC(=O)c1cccc(OC(=O)C(C)Oc2cccc(C#N)c2)c1. The first-order valence-corrected chi connectivity index (χ1v) is 6.99. The van der Waals surface area contributed by atoms with Gasteiger partial charge in [-0.15, -0.1) is 0 Å². The molecule has 0 radical (unpaired) electrons. The minimum Gasteiger partial charge on any atom is -0.479 e. The minimum absolute atomic E-state index is 0.111. The van der Waals surface area contributed by atoms with E-state index in [0.29, 0.717) is 16.9 Å². The number of nitriles is 1. The lowest BCUT2D eigenvalue weighted by atomic mass is 10.1. The number of carbonyl (C=O) groups is 2. The fourth-order valence-corrected chi connectivity index (χ4v) is 1.87. The third-order valence-electron chi connectivity index (χ3n) is 3.07. The number of rotatable bonds is 5. The van der Waals surface area contributed by atoms with E-state index in [4.69, 9.17) is 14.7 Å². The van der Waals surface area contributed by atoms with Gasteiger partial charge in [0, 0.05) is 5.56 Å². The van der Waals surface area contributed by atoms with E-state index in [0.717, 1.165) is 0 Å². The quantitative estimate of drug-likeness (QED) is 0.482. The van der Waals surface area contributed by atoms with Crippen molar-refractivity contribution in [3.8, 4) is 17.6 Å². The molecular formula is C18H15NO4. The maximum absolute atomic E-state index is 12.1. The second-order valence-corrected chi connectivity index (χ2v) is 4.90. The largest absolute Gasteiger partial charge is 0.479 e. The Labute approximate surface area is 134 Å². The molecule has 2 rings (SSSR count). The van der Waals surface area contributed by atoms with Crippen LogP contribution >= 0.6 is 0 Å². The summed E-state index contributed by atoms with van der Waals surface area (Å²) < 4.78 is 10.7. The number of ether oxygens (including phenoxy) is 2. The molecule has 0 saturated carbocycles. The standard InChI is InChI=1S/C18H15NO4/c1-12(20)15-6-4-8-17(10-15)23-18(21)13(2)22-16-7-3-5-14(9-16)11-19/h3-10,13H,1-2H3. The molecule has 0 aliphatic heterocycles. The first-order chi connectivity index (χ1) is 11.0. The Morgan fingerprint density at radius 2 is 1.78 bits per heavy atom. The van der Waals surface area contributed by atoms with Crippen molar-refractivity contribution in [1.29, 1.82) is 5.26 Å². The zero-order chi connectivity index (χ0) is 16.8. The normalized spacial score (nSPS) is 11.2. The zero-order valence-corrected chi connectivity index (χ0v) is 12.8. The Balaban J connectivity index is 2.04. The highest BCUT2D eigenvalue weighted by Crippen LogP contribution is 2.17. The number of hydrogen-bond donors (Lipinski definition) is 0. The highest BCUT2D eigenvalue weighted by atomic mass is 16.6. The van der Waals surface area contributed by atoms with Crippen molar-refractivity contribution in [2.45, 2.75) is 20.0 Å². The van der Waals surface area contributed by atoms with E-state index in [-0.39, 0.29) is 11.5 Å². The van der Waals surface area contributed by atoms with Crippen molar-refractivity contribution in [2.24, 2.45) is 0 Å². The number of esters is 1. The fourth-order valence-electron chi connectivity index (χ4n) is 1.87. The van der Waals surface area contributed by atoms with Gasteiger partial charge in [-0.1, -0.05) is 18.2 Å². The molecule has 5 heteroatoms. The third-order valence-corrected chi connectivity index (χ3v) is 3.07. The molecule has 116 valence electrons.